The molecule has 128 valence electrons. The SMILES string of the molecule is CO[C@@H]1COC[C@@H](N(C)C(=O)c2cccc(OCCN)c2)[C@@H]1O. The molecule has 0 radical (unpaired) electrons. The van der Waals surface area contributed by atoms with Crippen LogP contribution in [0.25, 0.3) is 0 Å². The lowest BCUT2D eigenvalue weighted by Crippen LogP contribution is -2.56. The number of methoxy groups -OCH3 is 1. The quantitative estimate of drug-likeness (QED) is 0.757. The topological polar surface area (TPSA) is 94.2 Å². The van der Waals surface area contributed by atoms with Gasteiger partial charge < -0.3 is 30.0 Å². The second-order valence-corrected chi connectivity index (χ2v) is 5.45. The van der Waals surface area contributed by atoms with Crippen LogP contribution in [0.3, 0.4) is 0 Å². The number of nitrogens with zero attached hydrogens (tertiary/aromatic N) is 1. The van der Waals surface area contributed by atoms with Gasteiger partial charge in [-0.15, -0.1) is 0 Å². The Kier molecular flexibility index (Phi) is 6.35. The summed E-state index contributed by atoms with van der Waals surface area (Å²) < 4.78 is 16.0. The van der Waals surface area contributed by atoms with E-state index in [2.05, 4.69) is 0 Å². The fourth-order valence-electron chi connectivity index (χ4n) is 2.55. The molecule has 1 heterocycles. The van der Waals surface area contributed by atoms with Crippen molar-refractivity contribution in [1.82, 2.24) is 4.90 Å². The second-order valence-electron chi connectivity index (χ2n) is 5.45. The number of likely N-dealkylation sites (N-methyl/N-ethyl adjacent to an activating group) is 1. The van der Waals surface area contributed by atoms with E-state index >= 15 is 0 Å². The van der Waals surface area contributed by atoms with Crippen molar-refractivity contribution in [2.24, 2.45) is 5.73 Å². The molecule has 23 heavy (non-hydrogen) atoms. The highest BCUT2D eigenvalue weighted by Crippen LogP contribution is 2.20. The third-order valence-corrected chi connectivity index (χ3v) is 3.93. The predicted molar refractivity (Wildman–Crippen MR) is 84.5 cm³/mol. The Morgan fingerprint density at radius 1 is 1.48 bits per heavy atom. The first kappa shape index (κ1) is 17.7. The third kappa shape index (κ3) is 4.20. The van der Waals surface area contributed by atoms with Crippen molar-refractivity contribution in [2.45, 2.75) is 18.2 Å². The smallest absolute Gasteiger partial charge is 0.254 e. The molecule has 0 unspecified atom stereocenters. The van der Waals surface area contributed by atoms with Crippen molar-refractivity contribution in [3.8, 4) is 5.75 Å². The monoisotopic (exact) mass is 324 g/mol. The van der Waals surface area contributed by atoms with Gasteiger partial charge in [0.2, 0.25) is 0 Å². The normalized spacial score (nSPS) is 24.3. The van der Waals surface area contributed by atoms with E-state index in [0.717, 1.165) is 0 Å². The van der Waals surface area contributed by atoms with Crippen molar-refractivity contribution in [3.63, 3.8) is 0 Å². The van der Waals surface area contributed by atoms with Crippen LogP contribution in [0, 0.1) is 0 Å². The maximum atomic E-state index is 12.6. The van der Waals surface area contributed by atoms with Crippen molar-refractivity contribution < 1.29 is 24.1 Å². The summed E-state index contributed by atoms with van der Waals surface area (Å²) in [4.78, 5) is 14.1. The van der Waals surface area contributed by atoms with E-state index in [1.807, 2.05) is 0 Å². The van der Waals surface area contributed by atoms with E-state index in [9.17, 15) is 9.90 Å². The number of ether oxygens (including phenoxy) is 3. The number of carbonyl (C=O) groups is 1. The number of nitrogens with two attached hydrogens (primary N) is 1. The van der Waals surface area contributed by atoms with Crippen molar-refractivity contribution in [1.29, 1.82) is 0 Å². The molecule has 1 aromatic carbocycles. The minimum atomic E-state index is -0.792. The van der Waals surface area contributed by atoms with E-state index in [1.54, 1.807) is 31.3 Å². The molecule has 0 aromatic heterocycles. The Bertz CT molecular complexity index is 525. The van der Waals surface area contributed by atoms with Crippen LogP contribution in [0.2, 0.25) is 0 Å². The summed E-state index contributed by atoms with van der Waals surface area (Å²) >= 11 is 0. The Labute approximate surface area is 135 Å². The summed E-state index contributed by atoms with van der Waals surface area (Å²) in [6.45, 7) is 1.38. The number of rotatable bonds is 6. The van der Waals surface area contributed by atoms with Gasteiger partial charge in [-0.25, -0.2) is 0 Å². The van der Waals surface area contributed by atoms with Crippen LogP contribution in [0.15, 0.2) is 24.3 Å². The molecule has 3 N–H and O–H groups in total. The first-order valence-electron chi connectivity index (χ1n) is 7.57. The van der Waals surface area contributed by atoms with Gasteiger partial charge in [0.15, 0.2) is 0 Å². The molecular weight excluding hydrogens is 300 g/mol. The van der Waals surface area contributed by atoms with Crippen LogP contribution in [-0.2, 0) is 9.47 Å². The summed E-state index contributed by atoms with van der Waals surface area (Å²) in [5, 5.41) is 10.3. The molecule has 7 nitrogen and oxygen atoms in total. The number of amides is 1. The van der Waals surface area contributed by atoms with Gasteiger partial charge in [0, 0.05) is 26.3 Å². The minimum Gasteiger partial charge on any atom is -0.492 e. The van der Waals surface area contributed by atoms with E-state index in [4.69, 9.17) is 19.9 Å². The minimum absolute atomic E-state index is 0.215. The first-order valence-corrected chi connectivity index (χ1v) is 7.57. The van der Waals surface area contributed by atoms with E-state index in [-0.39, 0.29) is 12.5 Å². The van der Waals surface area contributed by atoms with Gasteiger partial charge >= 0.3 is 0 Å². The van der Waals surface area contributed by atoms with E-state index < -0.39 is 18.2 Å². The number of aliphatic hydroxyl groups excluding tert-OH is 1. The molecule has 7 heteroatoms. The lowest BCUT2D eigenvalue weighted by Gasteiger charge is -2.38. The number of benzene rings is 1. The van der Waals surface area contributed by atoms with Gasteiger partial charge in [-0.3, -0.25) is 4.79 Å². The summed E-state index contributed by atoms with van der Waals surface area (Å²) in [6, 6.07) is 6.43. The van der Waals surface area contributed by atoms with Crippen LogP contribution in [0.1, 0.15) is 10.4 Å². The van der Waals surface area contributed by atoms with Crippen LogP contribution in [0.4, 0.5) is 0 Å². The van der Waals surface area contributed by atoms with E-state index in [0.29, 0.717) is 31.1 Å². The molecule has 1 aliphatic rings. The number of aliphatic hydroxyl groups is 1. The average Bonchev–Trinajstić information content (AvgIpc) is 2.59. The zero-order valence-electron chi connectivity index (χ0n) is 13.5. The van der Waals surface area contributed by atoms with Crippen LogP contribution >= 0.6 is 0 Å². The Hall–Kier alpha value is -1.67. The molecule has 1 aliphatic heterocycles. The maximum Gasteiger partial charge on any atom is 0.254 e. The average molecular weight is 324 g/mol. The van der Waals surface area contributed by atoms with Crippen molar-refractivity contribution in [3.05, 3.63) is 29.8 Å². The lowest BCUT2D eigenvalue weighted by atomic mass is 10.0. The second kappa shape index (κ2) is 8.26. The lowest BCUT2D eigenvalue weighted by molar-refractivity contribution is -0.135. The van der Waals surface area contributed by atoms with Gasteiger partial charge in [0.05, 0.1) is 19.3 Å². The summed E-state index contributed by atoms with van der Waals surface area (Å²) in [7, 11) is 3.16. The standard InChI is InChI=1S/C16H24N2O5/c1-18(13-9-22-10-14(21-2)15(13)19)16(20)11-4-3-5-12(8-11)23-7-6-17/h3-5,8,13-15,19H,6-7,9-10,17H2,1-2H3/t13-,14-,15+/m1/s1. The van der Waals surface area contributed by atoms with Crippen molar-refractivity contribution in [2.75, 3.05) is 40.5 Å². The zero-order valence-corrected chi connectivity index (χ0v) is 13.5. The molecule has 0 saturated carbocycles. The number of carbonyl (C=O) groups excluding carboxylic acids is 1. The fraction of sp³-hybridized carbons (Fsp3) is 0.562. The van der Waals surface area contributed by atoms with Gasteiger partial charge in [-0.2, -0.15) is 0 Å². The Morgan fingerprint density at radius 3 is 2.96 bits per heavy atom. The number of hydrogen-bond donors (Lipinski definition) is 2. The zero-order chi connectivity index (χ0) is 16.8. The van der Waals surface area contributed by atoms with Crippen LogP contribution in [-0.4, -0.2) is 74.7 Å². The molecule has 0 spiro atoms. The summed E-state index contributed by atoms with van der Waals surface area (Å²) in [5.41, 5.74) is 5.89. The molecule has 2 rings (SSSR count). The third-order valence-electron chi connectivity index (χ3n) is 3.93. The Morgan fingerprint density at radius 2 is 2.26 bits per heavy atom. The molecular formula is C16H24N2O5. The molecule has 1 saturated heterocycles. The first-order chi connectivity index (χ1) is 11.1. The molecule has 3 atom stereocenters. The van der Waals surface area contributed by atoms with Crippen LogP contribution < -0.4 is 10.5 Å². The molecule has 1 fully saturated rings. The summed E-state index contributed by atoms with van der Waals surface area (Å²) in [6.07, 6.45) is -1.23. The number of hydrogen-bond acceptors (Lipinski definition) is 6. The highest BCUT2D eigenvalue weighted by molar-refractivity contribution is 5.94. The largest absolute Gasteiger partial charge is 0.492 e. The van der Waals surface area contributed by atoms with Gasteiger partial charge in [-0.05, 0) is 18.2 Å². The van der Waals surface area contributed by atoms with Gasteiger partial charge in [0.1, 0.15) is 24.6 Å². The van der Waals surface area contributed by atoms with Crippen LogP contribution in [0.5, 0.6) is 5.75 Å². The van der Waals surface area contributed by atoms with Crippen molar-refractivity contribution >= 4 is 5.91 Å². The molecule has 1 amide bonds. The highest BCUT2D eigenvalue weighted by Gasteiger charge is 2.37. The summed E-state index contributed by atoms with van der Waals surface area (Å²) in [5.74, 6) is 0.373. The van der Waals surface area contributed by atoms with Gasteiger partial charge in [-0.1, -0.05) is 6.07 Å². The Balaban J connectivity index is 2.09. The fourth-order valence-corrected chi connectivity index (χ4v) is 2.55. The molecule has 0 bridgehead atoms. The predicted octanol–water partition coefficient (Wildman–Crippen LogP) is -0.129. The molecule has 0 aliphatic carbocycles. The molecule has 1 aromatic rings. The maximum absolute atomic E-state index is 12.6. The highest BCUT2D eigenvalue weighted by atomic mass is 16.5. The van der Waals surface area contributed by atoms with E-state index in [1.165, 1.54) is 12.0 Å². The van der Waals surface area contributed by atoms with Gasteiger partial charge in [0.25, 0.3) is 5.91 Å².